The standard InChI is InChI=1S/C18H26Cl2N2O3S/c1-3-14(4-2)21-18(23)13-8-10-22(11-9-13)26(24,25)12-15-16(19)6-5-7-17(15)20/h5-7,13-14H,3-4,8-12H2,1-2H3,(H,21,23). The smallest absolute Gasteiger partial charge is 0.223 e. The lowest BCUT2D eigenvalue weighted by Crippen LogP contribution is -2.45. The molecule has 5 nitrogen and oxygen atoms in total. The Morgan fingerprint density at radius 3 is 2.23 bits per heavy atom. The maximum atomic E-state index is 12.7. The third kappa shape index (κ3) is 5.35. The Morgan fingerprint density at radius 2 is 1.73 bits per heavy atom. The second kappa shape index (κ2) is 9.40. The van der Waals surface area contributed by atoms with Crippen molar-refractivity contribution >= 4 is 39.1 Å². The van der Waals surface area contributed by atoms with Crippen molar-refractivity contribution in [2.75, 3.05) is 13.1 Å². The van der Waals surface area contributed by atoms with E-state index >= 15 is 0 Å². The fraction of sp³-hybridized carbons (Fsp3) is 0.611. The van der Waals surface area contributed by atoms with Crippen LogP contribution in [0.5, 0.6) is 0 Å². The molecule has 1 aromatic rings. The number of piperidine rings is 1. The predicted molar refractivity (Wildman–Crippen MR) is 106 cm³/mol. The third-order valence-corrected chi connectivity index (χ3v) is 7.45. The minimum atomic E-state index is -3.53. The molecule has 1 amide bonds. The van der Waals surface area contributed by atoms with Gasteiger partial charge in [0.25, 0.3) is 0 Å². The molecule has 0 unspecified atom stereocenters. The van der Waals surface area contributed by atoms with E-state index in [-0.39, 0.29) is 23.6 Å². The van der Waals surface area contributed by atoms with Crippen molar-refractivity contribution in [3.05, 3.63) is 33.8 Å². The Labute approximate surface area is 166 Å². The number of amides is 1. The molecule has 0 atom stereocenters. The minimum Gasteiger partial charge on any atom is -0.353 e. The van der Waals surface area contributed by atoms with E-state index in [4.69, 9.17) is 23.2 Å². The lowest BCUT2D eigenvalue weighted by atomic mass is 9.96. The summed E-state index contributed by atoms with van der Waals surface area (Å²) in [6.07, 6.45) is 2.85. The molecule has 26 heavy (non-hydrogen) atoms. The number of nitrogens with zero attached hydrogens (tertiary/aromatic N) is 1. The largest absolute Gasteiger partial charge is 0.353 e. The molecule has 1 aliphatic heterocycles. The number of carbonyl (C=O) groups is 1. The zero-order valence-electron chi connectivity index (χ0n) is 15.2. The van der Waals surface area contributed by atoms with Crippen molar-refractivity contribution < 1.29 is 13.2 Å². The zero-order valence-corrected chi connectivity index (χ0v) is 17.5. The van der Waals surface area contributed by atoms with Crippen LogP contribution in [0.1, 0.15) is 45.1 Å². The fourth-order valence-electron chi connectivity index (χ4n) is 3.15. The highest BCUT2D eigenvalue weighted by Crippen LogP contribution is 2.29. The number of nitrogens with one attached hydrogen (secondary N) is 1. The maximum Gasteiger partial charge on any atom is 0.223 e. The lowest BCUT2D eigenvalue weighted by Gasteiger charge is -2.31. The van der Waals surface area contributed by atoms with Crippen LogP contribution in [0.4, 0.5) is 0 Å². The van der Waals surface area contributed by atoms with Crippen LogP contribution in [0.15, 0.2) is 18.2 Å². The quantitative estimate of drug-likeness (QED) is 0.728. The van der Waals surface area contributed by atoms with Gasteiger partial charge in [-0.1, -0.05) is 43.1 Å². The van der Waals surface area contributed by atoms with Crippen molar-refractivity contribution in [2.45, 2.75) is 51.3 Å². The van der Waals surface area contributed by atoms with Crippen LogP contribution in [0, 0.1) is 5.92 Å². The zero-order chi connectivity index (χ0) is 19.3. The van der Waals surface area contributed by atoms with Crippen molar-refractivity contribution in [3.8, 4) is 0 Å². The lowest BCUT2D eigenvalue weighted by molar-refractivity contribution is -0.126. The summed E-state index contributed by atoms with van der Waals surface area (Å²) >= 11 is 12.2. The predicted octanol–water partition coefficient (Wildman–Crippen LogP) is 3.84. The Morgan fingerprint density at radius 1 is 1.19 bits per heavy atom. The van der Waals surface area contributed by atoms with Crippen LogP contribution in [0.25, 0.3) is 0 Å². The maximum absolute atomic E-state index is 12.7. The summed E-state index contributed by atoms with van der Waals surface area (Å²) < 4.78 is 26.9. The van der Waals surface area contributed by atoms with E-state index in [2.05, 4.69) is 5.32 Å². The fourth-order valence-corrected chi connectivity index (χ4v) is 5.47. The summed E-state index contributed by atoms with van der Waals surface area (Å²) in [5, 5.41) is 3.75. The van der Waals surface area contributed by atoms with Gasteiger partial charge in [0, 0.05) is 40.7 Å². The molecule has 146 valence electrons. The number of rotatable bonds is 7. The highest BCUT2D eigenvalue weighted by atomic mass is 35.5. The molecule has 2 rings (SSSR count). The molecule has 8 heteroatoms. The van der Waals surface area contributed by atoms with Crippen molar-refractivity contribution in [2.24, 2.45) is 5.92 Å². The number of hydrogen-bond acceptors (Lipinski definition) is 3. The van der Waals surface area contributed by atoms with Gasteiger partial charge in [-0.05, 0) is 37.8 Å². The van der Waals surface area contributed by atoms with Gasteiger partial charge >= 0.3 is 0 Å². The van der Waals surface area contributed by atoms with Crippen LogP contribution in [0.3, 0.4) is 0 Å². The molecule has 1 aromatic carbocycles. The van der Waals surface area contributed by atoms with Crippen LogP contribution in [-0.4, -0.2) is 37.8 Å². The molecule has 0 bridgehead atoms. The second-order valence-corrected chi connectivity index (χ2v) is 9.44. The Bertz CT molecular complexity index is 708. The minimum absolute atomic E-state index is 0.0323. The molecule has 1 saturated heterocycles. The summed E-state index contributed by atoms with van der Waals surface area (Å²) in [7, 11) is -3.53. The van der Waals surface area contributed by atoms with Gasteiger partial charge in [0.05, 0.1) is 5.75 Å². The molecule has 0 aromatic heterocycles. The van der Waals surface area contributed by atoms with E-state index in [0.717, 1.165) is 12.8 Å². The summed E-state index contributed by atoms with van der Waals surface area (Å²) in [5.74, 6) is -0.327. The first-order valence-corrected chi connectivity index (χ1v) is 11.4. The van der Waals surface area contributed by atoms with Gasteiger partial charge in [-0.15, -0.1) is 0 Å². The molecule has 1 heterocycles. The van der Waals surface area contributed by atoms with Gasteiger partial charge in [0.2, 0.25) is 15.9 Å². The van der Waals surface area contributed by atoms with Gasteiger partial charge in [-0.25, -0.2) is 12.7 Å². The molecule has 0 radical (unpaired) electrons. The molecule has 1 aliphatic rings. The van der Waals surface area contributed by atoms with Crippen LogP contribution in [0.2, 0.25) is 10.0 Å². The SMILES string of the molecule is CCC(CC)NC(=O)C1CCN(S(=O)(=O)Cc2c(Cl)cccc2Cl)CC1. The first kappa shape index (κ1) is 21.5. The van der Waals surface area contributed by atoms with Gasteiger partial charge < -0.3 is 5.32 Å². The number of halogens is 2. The first-order valence-electron chi connectivity index (χ1n) is 8.99. The normalized spacial score (nSPS) is 16.8. The molecule has 1 fully saturated rings. The van der Waals surface area contributed by atoms with Crippen molar-refractivity contribution in [3.63, 3.8) is 0 Å². The van der Waals surface area contributed by atoms with Gasteiger partial charge in [0.15, 0.2) is 0 Å². The molecule has 0 aliphatic carbocycles. The Hall–Kier alpha value is -0.820. The van der Waals surface area contributed by atoms with E-state index in [1.807, 2.05) is 13.8 Å². The van der Waals surface area contributed by atoms with Crippen LogP contribution < -0.4 is 5.32 Å². The molecule has 1 N–H and O–H groups in total. The number of carbonyl (C=O) groups excluding carboxylic acids is 1. The summed E-state index contributed by atoms with van der Waals surface area (Å²) in [6, 6.07) is 5.14. The topological polar surface area (TPSA) is 66.5 Å². The van der Waals surface area contributed by atoms with Crippen molar-refractivity contribution in [1.82, 2.24) is 9.62 Å². The number of benzene rings is 1. The third-order valence-electron chi connectivity index (χ3n) is 4.94. The first-order chi connectivity index (χ1) is 12.3. The van der Waals surface area contributed by atoms with Crippen LogP contribution in [-0.2, 0) is 20.6 Å². The molecule has 0 spiro atoms. The highest BCUT2D eigenvalue weighted by Gasteiger charge is 2.32. The van der Waals surface area contributed by atoms with E-state index in [9.17, 15) is 13.2 Å². The number of hydrogen-bond donors (Lipinski definition) is 1. The average Bonchev–Trinajstić information content (AvgIpc) is 2.63. The summed E-state index contributed by atoms with van der Waals surface area (Å²) in [6.45, 7) is 4.77. The summed E-state index contributed by atoms with van der Waals surface area (Å²) in [5.41, 5.74) is 0.421. The summed E-state index contributed by atoms with van der Waals surface area (Å²) in [4.78, 5) is 12.3. The van der Waals surface area contributed by atoms with E-state index in [1.54, 1.807) is 18.2 Å². The van der Waals surface area contributed by atoms with E-state index in [0.29, 0.717) is 41.5 Å². The van der Waals surface area contributed by atoms with E-state index < -0.39 is 10.0 Å². The van der Waals surface area contributed by atoms with Gasteiger partial charge in [0.1, 0.15) is 0 Å². The van der Waals surface area contributed by atoms with Crippen LogP contribution >= 0.6 is 23.2 Å². The average molecular weight is 421 g/mol. The molecule has 0 saturated carbocycles. The monoisotopic (exact) mass is 420 g/mol. The molecular formula is C18H26Cl2N2O3S. The van der Waals surface area contributed by atoms with E-state index in [1.165, 1.54) is 4.31 Å². The molecular weight excluding hydrogens is 395 g/mol. The second-order valence-electron chi connectivity index (χ2n) is 6.65. The van der Waals surface area contributed by atoms with Gasteiger partial charge in [-0.2, -0.15) is 0 Å². The van der Waals surface area contributed by atoms with Gasteiger partial charge in [-0.3, -0.25) is 4.79 Å². The van der Waals surface area contributed by atoms with Crippen molar-refractivity contribution in [1.29, 1.82) is 0 Å². The Balaban J connectivity index is 1.97. The highest BCUT2D eigenvalue weighted by molar-refractivity contribution is 7.88. The number of sulfonamides is 1. The Kier molecular flexibility index (Phi) is 7.76.